The Morgan fingerprint density at radius 1 is 1.53 bits per heavy atom. The number of nitroso groups, excluding NO2 is 1. The van der Waals surface area contributed by atoms with Crippen molar-refractivity contribution in [1.29, 1.82) is 0 Å². The number of hydrogen-bond donors (Lipinski definition) is 1. The van der Waals surface area contributed by atoms with E-state index >= 15 is 0 Å². The van der Waals surface area contributed by atoms with Crippen molar-refractivity contribution in [3.63, 3.8) is 0 Å². The highest BCUT2D eigenvalue weighted by atomic mass is 79.9. The lowest BCUT2D eigenvalue weighted by atomic mass is 10.1. The third-order valence-corrected chi connectivity index (χ3v) is 3.60. The van der Waals surface area contributed by atoms with Crippen LogP contribution in [0.2, 0.25) is 0 Å². The number of hydrogen-bond acceptors (Lipinski definition) is 4. The van der Waals surface area contributed by atoms with Crippen LogP contribution in [0.25, 0.3) is 0 Å². The smallest absolute Gasteiger partial charge is 0.223 e. The number of aryl methyl sites for hydroxylation is 1. The Bertz CT molecular complexity index is 474. The van der Waals surface area contributed by atoms with Gasteiger partial charge < -0.3 is 10.2 Å². The van der Waals surface area contributed by atoms with Crippen molar-refractivity contribution >= 4 is 38.9 Å². The van der Waals surface area contributed by atoms with Crippen molar-refractivity contribution in [2.24, 2.45) is 5.18 Å². The van der Waals surface area contributed by atoms with Crippen LogP contribution in [0, 0.1) is 11.8 Å². The summed E-state index contributed by atoms with van der Waals surface area (Å²) in [6.07, 6.45) is 0. The van der Waals surface area contributed by atoms with Gasteiger partial charge in [0, 0.05) is 25.5 Å². The highest BCUT2D eigenvalue weighted by molar-refractivity contribution is 9.10. The molecule has 0 atom stereocenters. The van der Waals surface area contributed by atoms with Crippen LogP contribution in [-0.2, 0) is 4.79 Å². The lowest BCUT2D eigenvalue weighted by Gasteiger charge is -2.20. The number of nitrogens with one attached hydrogen (secondary N) is 1. The Morgan fingerprint density at radius 2 is 2.12 bits per heavy atom. The van der Waals surface area contributed by atoms with Crippen molar-refractivity contribution in [3.8, 4) is 0 Å². The Balaban J connectivity index is 3.55. The Kier molecular flexibility index (Phi) is 4.22. The molecule has 0 unspecified atom stereocenters. The van der Waals surface area contributed by atoms with Gasteiger partial charge in [-0.3, -0.25) is 4.79 Å². The minimum atomic E-state index is -0.154. The summed E-state index contributed by atoms with van der Waals surface area (Å²) in [7, 11) is 3.31. The first-order valence-electron chi connectivity index (χ1n) is 5.02. The predicted molar refractivity (Wildman–Crippen MR) is 73.0 cm³/mol. The number of anilines is 2. The maximum Gasteiger partial charge on any atom is 0.223 e. The van der Waals surface area contributed by atoms with E-state index in [1.165, 1.54) is 11.8 Å². The molecule has 1 rings (SSSR count). The molecule has 0 aliphatic rings. The second kappa shape index (κ2) is 5.27. The zero-order valence-corrected chi connectivity index (χ0v) is 11.8. The molecular formula is C11H14BrN3O2. The molecule has 0 spiro atoms. The molecule has 92 valence electrons. The molecule has 0 radical (unpaired) electrons. The SMILES string of the molecule is CNc1c(Br)c(C)cc(N(C)C(C)=O)c1N=O. The highest BCUT2D eigenvalue weighted by Gasteiger charge is 2.19. The van der Waals surface area contributed by atoms with Crippen LogP contribution >= 0.6 is 15.9 Å². The first kappa shape index (κ1) is 13.6. The fourth-order valence-corrected chi connectivity index (χ4v) is 2.01. The van der Waals surface area contributed by atoms with Crippen molar-refractivity contribution in [3.05, 3.63) is 21.0 Å². The number of rotatable bonds is 3. The maximum absolute atomic E-state index is 11.4. The van der Waals surface area contributed by atoms with Crippen LogP contribution < -0.4 is 10.2 Å². The van der Waals surface area contributed by atoms with E-state index in [9.17, 15) is 9.70 Å². The summed E-state index contributed by atoms with van der Waals surface area (Å²) >= 11 is 3.39. The molecule has 0 saturated carbocycles. The third kappa shape index (κ3) is 2.46. The van der Waals surface area contributed by atoms with Gasteiger partial charge in [-0.1, -0.05) is 0 Å². The zero-order valence-electron chi connectivity index (χ0n) is 10.2. The summed E-state index contributed by atoms with van der Waals surface area (Å²) in [6.45, 7) is 3.32. The second-order valence-corrected chi connectivity index (χ2v) is 4.46. The van der Waals surface area contributed by atoms with Gasteiger partial charge in [-0.25, -0.2) is 0 Å². The first-order chi connectivity index (χ1) is 7.93. The van der Waals surface area contributed by atoms with Gasteiger partial charge in [-0.05, 0) is 39.7 Å². The van der Waals surface area contributed by atoms with Crippen molar-refractivity contribution in [2.75, 3.05) is 24.3 Å². The molecule has 5 nitrogen and oxygen atoms in total. The van der Waals surface area contributed by atoms with E-state index in [4.69, 9.17) is 0 Å². The van der Waals surface area contributed by atoms with E-state index in [1.54, 1.807) is 20.2 Å². The summed E-state index contributed by atoms with van der Waals surface area (Å²) in [4.78, 5) is 23.7. The van der Waals surface area contributed by atoms with E-state index in [2.05, 4.69) is 26.4 Å². The molecule has 0 fully saturated rings. The second-order valence-electron chi connectivity index (χ2n) is 3.67. The molecule has 0 aromatic heterocycles. The standard InChI is InChI=1S/C11H14BrN3O2/c1-6-5-8(15(4)7(2)16)10(14-17)11(13-3)9(6)12/h5,13H,1-4H3. The maximum atomic E-state index is 11.4. The molecule has 1 aromatic carbocycles. The number of carbonyl (C=O) groups is 1. The largest absolute Gasteiger partial charge is 0.385 e. The molecule has 1 N–H and O–H groups in total. The summed E-state index contributed by atoms with van der Waals surface area (Å²) in [5.41, 5.74) is 2.23. The van der Waals surface area contributed by atoms with E-state index in [1.807, 2.05) is 6.92 Å². The van der Waals surface area contributed by atoms with E-state index in [0.29, 0.717) is 11.4 Å². The number of nitrogens with zero attached hydrogens (tertiary/aromatic N) is 2. The Morgan fingerprint density at radius 3 is 2.53 bits per heavy atom. The molecule has 1 aromatic rings. The predicted octanol–water partition coefficient (Wildman–Crippen LogP) is 3.18. The summed E-state index contributed by atoms with van der Waals surface area (Å²) in [5, 5.41) is 5.92. The number of halogens is 1. The normalized spacial score (nSPS) is 9.94. The summed E-state index contributed by atoms with van der Waals surface area (Å²) < 4.78 is 0.773. The fourth-order valence-electron chi connectivity index (χ4n) is 1.51. The van der Waals surface area contributed by atoms with Gasteiger partial charge in [0.1, 0.15) is 0 Å². The van der Waals surface area contributed by atoms with Crippen LogP contribution in [-0.4, -0.2) is 20.0 Å². The lowest BCUT2D eigenvalue weighted by molar-refractivity contribution is -0.116. The van der Waals surface area contributed by atoms with Gasteiger partial charge in [0.2, 0.25) is 5.91 Å². The third-order valence-electron chi connectivity index (χ3n) is 2.57. The number of carbonyl (C=O) groups excluding carboxylic acids is 1. The molecular weight excluding hydrogens is 286 g/mol. The monoisotopic (exact) mass is 299 g/mol. The van der Waals surface area contributed by atoms with Crippen LogP contribution in [0.1, 0.15) is 12.5 Å². The molecule has 0 aliphatic heterocycles. The molecule has 6 heteroatoms. The van der Waals surface area contributed by atoms with Crippen molar-refractivity contribution in [1.82, 2.24) is 0 Å². The summed E-state index contributed by atoms with van der Waals surface area (Å²) in [5.74, 6) is -0.154. The van der Waals surface area contributed by atoms with Gasteiger partial charge in [0.05, 0.1) is 11.4 Å². The van der Waals surface area contributed by atoms with Gasteiger partial charge in [0.25, 0.3) is 0 Å². The number of benzene rings is 1. The Labute approximate surface area is 108 Å². The van der Waals surface area contributed by atoms with Crippen LogP contribution in [0.4, 0.5) is 17.1 Å². The van der Waals surface area contributed by atoms with E-state index in [0.717, 1.165) is 10.0 Å². The van der Waals surface area contributed by atoms with Gasteiger partial charge >= 0.3 is 0 Å². The average Bonchev–Trinajstić information content (AvgIpc) is 2.30. The van der Waals surface area contributed by atoms with E-state index < -0.39 is 0 Å². The highest BCUT2D eigenvalue weighted by Crippen LogP contribution is 2.42. The minimum absolute atomic E-state index is 0.154. The molecule has 17 heavy (non-hydrogen) atoms. The lowest BCUT2D eigenvalue weighted by Crippen LogP contribution is -2.23. The van der Waals surface area contributed by atoms with Crippen LogP contribution in [0.15, 0.2) is 15.7 Å². The van der Waals surface area contributed by atoms with Gasteiger partial charge in [0.15, 0.2) is 5.69 Å². The van der Waals surface area contributed by atoms with E-state index in [-0.39, 0.29) is 11.6 Å². The molecule has 1 amide bonds. The number of amides is 1. The molecule has 0 heterocycles. The summed E-state index contributed by atoms with van der Waals surface area (Å²) in [6, 6.07) is 1.75. The van der Waals surface area contributed by atoms with Crippen LogP contribution in [0.5, 0.6) is 0 Å². The first-order valence-corrected chi connectivity index (χ1v) is 5.81. The topological polar surface area (TPSA) is 61.8 Å². The van der Waals surface area contributed by atoms with Crippen LogP contribution in [0.3, 0.4) is 0 Å². The van der Waals surface area contributed by atoms with Crippen molar-refractivity contribution < 1.29 is 4.79 Å². The molecule has 0 saturated heterocycles. The van der Waals surface area contributed by atoms with Gasteiger partial charge in [-0.15, -0.1) is 4.91 Å². The quantitative estimate of drug-likeness (QED) is 0.872. The fraction of sp³-hybridized carbons (Fsp3) is 0.364. The zero-order chi connectivity index (χ0) is 13.2. The molecule has 0 bridgehead atoms. The van der Waals surface area contributed by atoms with Crippen molar-refractivity contribution in [2.45, 2.75) is 13.8 Å². The molecule has 0 aliphatic carbocycles. The average molecular weight is 300 g/mol. The van der Waals surface area contributed by atoms with Gasteiger partial charge in [-0.2, -0.15) is 0 Å². The minimum Gasteiger partial charge on any atom is -0.385 e. The Hall–Kier alpha value is -1.43.